The van der Waals surface area contributed by atoms with Crippen molar-refractivity contribution in [3.05, 3.63) is 53.1 Å². The second-order valence-electron chi connectivity index (χ2n) is 7.40. The standard InChI is InChI=1S/C21H26ClN3O3S/c1-15-6-7-17(22)14-20(15)25(29(3,27)28)16(2)21(26)23-18-8-10-19(11-9-18)24-12-4-5-13-24/h6-11,14,16H,4-5,12-13H2,1-3H3,(H,23,26). The van der Waals surface area contributed by atoms with Crippen LogP contribution in [0.5, 0.6) is 0 Å². The molecule has 156 valence electrons. The normalized spacial score (nSPS) is 15.2. The van der Waals surface area contributed by atoms with Crippen LogP contribution in [-0.2, 0) is 14.8 Å². The summed E-state index contributed by atoms with van der Waals surface area (Å²) < 4.78 is 26.1. The first-order chi connectivity index (χ1) is 13.7. The Morgan fingerprint density at radius 3 is 2.34 bits per heavy atom. The fourth-order valence-corrected chi connectivity index (χ4v) is 4.97. The molecule has 0 aromatic heterocycles. The molecular weight excluding hydrogens is 410 g/mol. The van der Waals surface area contributed by atoms with Crippen LogP contribution in [-0.4, -0.2) is 39.7 Å². The van der Waals surface area contributed by atoms with Gasteiger partial charge in [-0.15, -0.1) is 0 Å². The Hall–Kier alpha value is -2.25. The molecule has 29 heavy (non-hydrogen) atoms. The minimum absolute atomic E-state index is 0.395. The summed E-state index contributed by atoms with van der Waals surface area (Å²) in [5.41, 5.74) is 2.86. The predicted molar refractivity (Wildman–Crippen MR) is 119 cm³/mol. The first-order valence-electron chi connectivity index (χ1n) is 9.58. The Labute approximate surface area is 177 Å². The SMILES string of the molecule is Cc1ccc(Cl)cc1N(C(C)C(=O)Nc1ccc(N2CCCC2)cc1)S(C)(=O)=O. The number of amides is 1. The maximum absolute atomic E-state index is 12.9. The molecule has 8 heteroatoms. The van der Waals surface area contributed by atoms with Crippen molar-refractivity contribution in [1.29, 1.82) is 0 Å². The molecule has 0 saturated carbocycles. The molecule has 1 N–H and O–H groups in total. The van der Waals surface area contributed by atoms with Crippen LogP contribution in [0.4, 0.5) is 17.1 Å². The van der Waals surface area contributed by atoms with Gasteiger partial charge in [0.2, 0.25) is 15.9 Å². The van der Waals surface area contributed by atoms with Crippen molar-refractivity contribution in [2.75, 3.05) is 33.9 Å². The number of sulfonamides is 1. The summed E-state index contributed by atoms with van der Waals surface area (Å²) in [7, 11) is -3.70. The average molecular weight is 436 g/mol. The van der Waals surface area contributed by atoms with E-state index in [-0.39, 0.29) is 0 Å². The Kier molecular flexibility index (Phi) is 6.39. The number of carbonyl (C=O) groups is 1. The van der Waals surface area contributed by atoms with Crippen molar-refractivity contribution in [2.24, 2.45) is 0 Å². The van der Waals surface area contributed by atoms with E-state index in [1.165, 1.54) is 12.8 Å². The van der Waals surface area contributed by atoms with E-state index in [9.17, 15) is 13.2 Å². The number of carbonyl (C=O) groups excluding carboxylic acids is 1. The lowest BCUT2D eigenvalue weighted by molar-refractivity contribution is -0.116. The van der Waals surface area contributed by atoms with Crippen LogP contribution in [0.25, 0.3) is 0 Å². The quantitative estimate of drug-likeness (QED) is 0.743. The molecule has 2 aromatic rings. The molecular formula is C21H26ClN3O3S. The second kappa shape index (κ2) is 8.63. The monoisotopic (exact) mass is 435 g/mol. The Morgan fingerprint density at radius 1 is 1.14 bits per heavy atom. The highest BCUT2D eigenvalue weighted by Gasteiger charge is 2.30. The molecule has 1 heterocycles. The van der Waals surface area contributed by atoms with E-state index in [0.717, 1.165) is 34.9 Å². The van der Waals surface area contributed by atoms with Gasteiger partial charge in [0.25, 0.3) is 0 Å². The largest absolute Gasteiger partial charge is 0.372 e. The van der Waals surface area contributed by atoms with Gasteiger partial charge in [-0.1, -0.05) is 17.7 Å². The van der Waals surface area contributed by atoms with Crippen LogP contribution in [0.2, 0.25) is 5.02 Å². The number of halogens is 1. The lowest BCUT2D eigenvalue weighted by Crippen LogP contribution is -2.45. The first kappa shape index (κ1) is 21.5. The molecule has 2 aromatic carbocycles. The van der Waals surface area contributed by atoms with E-state index in [1.54, 1.807) is 32.0 Å². The zero-order valence-electron chi connectivity index (χ0n) is 16.9. The van der Waals surface area contributed by atoms with Gasteiger partial charge in [0.1, 0.15) is 6.04 Å². The molecule has 0 bridgehead atoms. The zero-order valence-corrected chi connectivity index (χ0v) is 18.4. The fraction of sp³-hybridized carbons (Fsp3) is 0.381. The number of nitrogens with zero attached hydrogens (tertiary/aromatic N) is 2. The van der Waals surface area contributed by atoms with Crippen molar-refractivity contribution >= 4 is 44.6 Å². The minimum Gasteiger partial charge on any atom is -0.372 e. The third kappa shape index (κ3) is 5.03. The van der Waals surface area contributed by atoms with Gasteiger partial charge in [-0.05, 0) is 68.7 Å². The van der Waals surface area contributed by atoms with Crippen molar-refractivity contribution in [1.82, 2.24) is 0 Å². The van der Waals surface area contributed by atoms with Gasteiger partial charge >= 0.3 is 0 Å². The molecule has 6 nitrogen and oxygen atoms in total. The second-order valence-corrected chi connectivity index (χ2v) is 9.69. The first-order valence-corrected chi connectivity index (χ1v) is 11.8. The van der Waals surface area contributed by atoms with Gasteiger partial charge in [-0.2, -0.15) is 0 Å². The highest BCUT2D eigenvalue weighted by atomic mass is 35.5. The van der Waals surface area contributed by atoms with E-state index in [4.69, 9.17) is 11.6 Å². The van der Waals surface area contributed by atoms with Crippen LogP contribution >= 0.6 is 11.6 Å². The van der Waals surface area contributed by atoms with E-state index in [1.807, 2.05) is 24.3 Å². The maximum atomic E-state index is 12.9. The highest BCUT2D eigenvalue weighted by Crippen LogP contribution is 2.29. The van der Waals surface area contributed by atoms with E-state index in [0.29, 0.717) is 16.4 Å². The van der Waals surface area contributed by atoms with Crippen LogP contribution in [0.1, 0.15) is 25.3 Å². The minimum atomic E-state index is -3.70. The van der Waals surface area contributed by atoms with Crippen LogP contribution in [0, 0.1) is 6.92 Å². The maximum Gasteiger partial charge on any atom is 0.247 e. The van der Waals surface area contributed by atoms with Crippen molar-refractivity contribution < 1.29 is 13.2 Å². The Balaban J connectivity index is 1.80. The van der Waals surface area contributed by atoms with Gasteiger partial charge in [-0.3, -0.25) is 9.10 Å². The molecule has 0 spiro atoms. The van der Waals surface area contributed by atoms with Gasteiger partial charge in [0, 0.05) is 29.5 Å². The fourth-order valence-electron chi connectivity index (χ4n) is 3.58. The number of benzene rings is 2. The number of nitrogens with one attached hydrogen (secondary N) is 1. The van der Waals surface area contributed by atoms with Crippen molar-refractivity contribution in [3.8, 4) is 0 Å². The molecule has 1 unspecified atom stereocenters. The summed E-state index contributed by atoms with van der Waals surface area (Å²) in [6.45, 7) is 5.44. The zero-order chi connectivity index (χ0) is 21.2. The van der Waals surface area contributed by atoms with Crippen molar-refractivity contribution in [2.45, 2.75) is 32.7 Å². The summed E-state index contributed by atoms with van der Waals surface area (Å²) in [6.07, 6.45) is 3.47. The Bertz CT molecular complexity index is 987. The van der Waals surface area contributed by atoms with Crippen molar-refractivity contribution in [3.63, 3.8) is 0 Å². The molecule has 1 fully saturated rings. The third-order valence-corrected chi connectivity index (χ3v) is 6.57. The molecule has 1 aliphatic heterocycles. The summed E-state index contributed by atoms with van der Waals surface area (Å²) in [6, 6.07) is 11.7. The predicted octanol–water partition coefficient (Wildman–Crippen LogP) is 4.04. The molecule has 3 rings (SSSR count). The number of anilines is 3. The summed E-state index contributed by atoms with van der Waals surface area (Å²) >= 11 is 6.07. The molecule has 1 amide bonds. The molecule has 0 radical (unpaired) electrons. The van der Waals surface area contributed by atoms with E-state index >= 15 is 0 Å². The average Bonchev–Trinajstić information content (AvgIpc) is 3.19. The smallest absolute Gasteiger partial charge is 0.247 e. The summed E-state index contributed by atoms with van der Waals surface area (Å²) in [5, 5.41) is 3.23. The molecule has 1 aliphatic rings. The van der Waals surface area contributed by atoms with Crippen LogP contribution in [0.3, 0.4) is 0 Å². The summed E-state index contributed by atoms with van der Waals surface area (Å²) in [4.78, 5) is 15.2. The topological polar surface area (TPSA) is 69.7 Å². The number of aryl methyl sites for hydroxylation is 1. The highest BCUT2D eigenvalue weighted by molar-refractivity contribution is 7.92. The van der Waals surface area contributed by atoms with Gasteiger partial charge < -0.3 is 10.2 Å². The van der Waals surface area contributed by atoms with Gasteiger partial charge in [-0.25, -0.2) is 8.42 Å². The lowest BCUT2D eigenvalue weighted by Gasteiger charge is -2.29. The van der Waals surface area contributed by atoms with Gasteiger partial charge in [0.05, 0.1) is 11.9 Å². The number of hydrogen-bond acceptors (Lipinski definition) is 4. The molecule has 0 aliphatic carbocycles. The number of hydrogen-bond donors (Lipinski definition) is 1. The van der Waals surface area contributed by atoms with Crippen LogP contribution in [0.15, 0.2) is 42.5 Å². The van der Waals surface area contributed by atoms with E-state index in [2.05, 4.69) is 10.2 Å². The molecule has 1 saturated heterocycles. The van der Waals surface area contributed by atoms with E-state index < -0.39 is 22.0 Å². The van der Waals surface area contributed by atoms with Crippen LogP contribution < -0.4 is 14.5 Å². The summed E-state index contributed by atoms with van der Waals surface area (Å²) in [5.74, 6) is -0.413. The number of rotatable bonds is 6. The lowest BCUT2D eigenvalue weighted by atomic mass is 10.1. The third-order valence-electron chi connectivity index (χ3n) is 5.10. The Morgan fingerprint density at radius 2 is 1.76 bits per heavy atom. The molecule has 1 atom stereocenters. The van der Waals surface area contributed by atoms with Gasteiger partial charge in [0.15, 0.2) is 0 Å².